The van der Waals surface area contributed by atoms with Crippen LogP contribution in [0.1, 0.15) is 18.4 Å². The summed E-state index contributed by atoms with van der Waals surface area (Å²) in [6, 6.07) is 7.63. The van der Waals surface area contributed by atoms with Gasteiger partial charge in [-0.3, -0.25) is 14.9 Å². The largest absolute Gasteiger partial charge is 0.491 e. The fourth-order valence-electron chi connectivity index (χ4n) is 3.26. The Morgan fingerprint density at radius 2 is 1.63 bits per heavy atom. The molecule has 4 rings (SSSR count). The highest BCUT2D eigenvalue weighted by atomic mass is 16.5. The summed E-state index contributed by atoms with van der Waals surface area (Å²) in [5.74, 6) is 1.66. The van der Waals surface area contributed by atoms with Crippen LogP contribution in [0.25, 0.3) is 0 Å². The summed E-state index contributed by atoms with van der Waals surface area (Å²) in [6.45, 7) is 3.80. The summed E-state index contributed by atoms with van der Waals surface area (Å²) in [4.78, 5) is 19.1. The Kier molecular flexibility index (Phi) is 7.01. The van der Waals surface area contributed by atoms with E-state index in [0.29, 0.717) is 25.0 Å². The molecule has 156 valence electrons. The summed E-state index contributed by atoms with van der Waals surface area (Å²) in [5.41, 5.74) is 0.968. The van der Waals surface area contributed by atoms with E-state index in [1.54, 1.807) is 37.2 Å². The second-order valence-corrected chi connectivity index (χ2v) is 7.01. The van der Waals surface area contributed by atoms with E-state index < -0.39 is 0 Å². The molecule has 1 saturated heterocycles. The number of hydrogen-bond acceptors (Lipinski definition) is 8. The molecule has 0 radical (unpaired) electrons. The standard InChI is InChI=1S/C22H25N5O3/c1-3-18(15-23-7-1)17-29-21-22(26-10-9-25-21)30-19-5-11-27(12-6-19)13-14-28-20-4-2-8-24-16-20/h1-4,7-10,15-16,19H,5-6,11-14,17H2. The van der Waals surface area contributed by atoms with Crippen LogP contribution in [0.5, 0.6) is 17.5 Å². The van der Waals surface area contributed by atoms with Crippen LogP contribution < -0.4 is 14.2 Å². The molecule has 8 nitrogen and oxygen atoms in total. The van der Waals surface area contributed by atoms with Crippen molar-refractivity contribution in [2.24, 2.45) is 0 Å². The molecule has 3 aromatic rings. The highest BCUT2D eigenvalue weighted by molar-refractivity contribution is 5.25. The van der Waals surface area contributed by atoms with Crippen molar-refractivity contribution < 1.29 is 14.2 Å². The number of aromatic nitrogens is 4. The molecule has 0 amide bonds. The van der Waals surface area contributed by atoms with Gasteiger partial charge in [0.05, 0.1) is 6.20 Å². The quantitative estimate of drug-likeness (QED) is 0.536. The lowest BCUT2D eigenvalue weighted by atomic mass is 10.1. The molecule has 30 heavy (non-hydrogen) atoms. The van der Waals surface area contributed by atoms with E-state index in [9.17, 15) is 0 Å². The molecule has 0 aromatic carbocycles. The van der Waals surface area contributed by atoms with E-state index in [1.165, 1.54) is 0 Å². The second-order valence-electron chi connectivity index (χ2n) is 7.01. The van der Waals surface area contributed by atoms with Gasteiger partial charge in [-0.15, -0.1) is 0 Å². The van der Waals surface area contributed by atoms with E-state index in [0.717, 1.165) is 43.8 Å². The Balaban J connectivity index is 1.22. The maximum Gasteiger partial charge on any atom is 0.278 e. The highest BCUT2D eigenvalue weighted by Crippen LogP contribution is 2.25. The van der Waals surface area contributed by atoms with Gasteiger partial charge in [0.1, 0.15) is 25.1 Å². The van der Waals surface area contributed by atoms with Crippen LogP contribution in [0.15, 0.2) is 61.4 Å². The molecule has 1 aliphatic heterocycles. The van der Waals surface area contributed by atoms with E-state index in [4.69, 9.17) is 14.2 Å². The lowest BCUT2D eigenvalue weighted by Gasteiger charge is -2.31. The first-order valence-corrected chi connectivity index (χ1v) is 10.1. The minimum atomic E-state index is 0.0953. The van der Waals surface area contributed by atoms with E-state index in [1.807, 2.05) is 24.3 Å². The predicted octanol–water partition coefficient (Wildman–Crippen LogP) is 2.77. The van der Waals surface area contributed by atoms with Crippen molar-refractivity contribution in [3.05, 3.63) is 67.0 Å². The molecule has 0 aliphatic carbocycles. The van der Waals surface area contributed by atoms with Crippen molar-refractivity contribution in [1.29, 1.82) is 0 Å². The number of pyridine rings is 2. The van der Waals surface area contributed by atoms with Gasteiger partial charge in [0.25, 0.3) is 11.8 Å². The first-order valence-electron chi connectivity index (χ1n) is 10.1. The van der Waals surface area contributed by atoms with Crippen molar-refractivity contribution >= 4 is 0 Å². The van der Waals surface area contributed by atoms with Gasteiger partial charge in [0, 0.05) is 56.2 Å². The van der Waals surface area contributed by atoms with E-state index >= 15 is 0 Å². The molecule has 1 aliphatic rings. The minimum absolute atomic E-state index is 0.0953. The summed E-state index contributed by atoms with van der Waals surface area (Å²) in [6.07, 6.45) is 12.1. The van der Waals surface area contributed by atoms with Crippen molar-refractivity contribution in [3.8, 4) is 17.5 Å². The van der Waals surface area contributed by atoms with Crippen LogP contribution >= 0.6 is 0 Å². The zero-order valence-electron chi connectivity index (χ0n) is 16.8. The van der Waals surface area contributed by atoms with Gasteiger partial charge in [0.15, 0.2) is 0 Å². The average Bonchev–Trinajstić information content (AvgIpc) is 2.81. The molecular weight excluding hydrogens is 382 g/mol. The van der Waals surface area contributed by atoms with Crippen LogP contribution in [0, 0.1) is 0 Å². The summed E-state index contributed by atoms with van der Waals surface area (Å²) in [5, 5.41) is 0. The molecule has 0 unspecified atom stereocenters. The topological polar surface area (TPSA) is 82.5 Å². The fraction of sp³-hybridized carbons (Fsp3) is 0.364. The van der Waals surface area contributed by atoms with Crippen LogP contribution in [0.2, 0.25) is 0 Å². The molecule has 1 fully saturated rings. The Bertz CT molecular complexity index is 890. The predicted molar refractivity (Wildman–Crippen MR) is 110 cm³/mol. The smallest absolute Gasteiger partial charge is 0.278 e. The lowest BCUT2D eigenvalue weighted by molar-refractivity contribution is 0.0840. The van der Waals surface area contributed by atoms with Gasteiger partial charge in [-0.2, -0.15) is 0 Å². The summed E-state index contributed by atoms with van der Waals surface area (Å²) in [7, 11) is 0. The third kappa shape index (κ3) is 5.87. The maximum atomic E-state index is 6.12. The minimum Gasteiger partial charge on any atom is -0.491 e. The van der Waals surface area contributed by atoms with E-state index in [2.05, 4.69) is 24.8 Å². The van der Waals surface area contributed by atoms with Crippen molar-refractivity contribution in [3.63, 3.8) is 0 Å². The highest BCUT2D eigenvalue weighted by Gasteiger charge is 2.22. The molecule has 0 atom stereocenters. The number of hydrogen-bond donors (Lipinski definition) is 0. The van der Waals surface area contributed by atoms with Crippen molar-refractivity contribution in [1.82, 2.24) is 24.8 Å². The molecular formula is C22H25N5O3. The zero-order chi connectivity index (χ0) is 20.4. The van der Waals surface area contributed by atoms with Gasteiger partial charge in [0.2, 0.25) is 0 Å². The Morgan fingerprint density at radius 1 is 0.867 bits per heavy atom. The SMILES string of the molecule is c1cncc(COc2nccnc2OC2CCN(CCOc3cccnc3)CC2)c1. The lowest BCUT2D eigenvalue weighted by Crippen LogP contribution is -2.40. The van der Waals surface area contributed by atoms with Crippen molar-refractivity contribution in [2.75, 3.05) is 26.2 Å². The van der Waals surface area contributed by atoms with Crippen LogP contribution in [-0.2, 0) is 6.61 Å². The molecule has 0 N–H and O–H groups in total. The normalized spacial score (nSPS) is 14.9. The molecule has 8 heteroatoms. The number of nitrogens with zero attached hydrogens (tertiary/aromatic N) is 5. The number of rotatable bonds is 9. The third-order valence-electron chi connectivity index (χ3n) is 4.86. The van der Waals surface area contributed by atoms with Gasteiger partial charge in [-0.05, 0) is 31.0 Å². The van der Waals surface area contributed by atoms with Crippen LogP contribution in [0.3, 0.4) is 0 Å². The van der Waals surface area contributed by atoms with E-state index in [-0.39, 0.29) is 6.10 Å². The Labute approximate surface area is 175 Å². The van der Waals surface area contributed by atoms with Gasteiger partial charge < -0.3 is 14.2 Å². The number of ether oxygens (including phenoxy) is 3. The fourth-order valence-corrected chi connectivity index (χ4v) is 3.26. The van der Waals surface area contributed by atoms with Crippen LogP contribution in [-0.4, -0.2) is 57.2 Å². The summed E-state index contributed by atoms with van der Waals surface area (Å²) < 4.78 is 17.7. The van der Waals surface area contributed by atoms with Crippen molar-refractivity contribution in [2.45, 2.75) is 25.6 Å². The monoisotopic (exact) mass is 407 g/mol. The molecule has 0 bridgehead atoms. The van der Waals surface area contributed by atoms with Gasteiger partial charge >= 0.3 is 0 Å². The first kappa shape index (κ1) is 20.0. The number of likely N-dealkylation sites (tertiary alicyclic amines) is 1. The zero-order valence-corrected chi connectivity index (χ0v) is 16.8. The Morgan fingerprint density at radius 3 is 2.37 bits per heavy atom. The van der Waals surface area contributed by atoms with Crippen LogP contribution in [0.4, 0.5) is 0 Å². The number of piperidine rings is 1. The summed E-state index contributed by atoms with van der Waals surface area (Å²) >= 11 is 0. The molecule has 4 heterocycles. The third-order valence-corrected chi connectivity index (χ3v) is 4.86. The molecule has 0 spiro atoms. The molecule has 0 saturated carbocycles. The maximum absolute atomic E-state index is 6.12. The van der Waals surface area contributed by atoms with Gasteiger partial charge in [-0.1, -0.05) is 6.07 Å². The molecule has 3 aromatic heterocycles. The Hall–Kier alpha value is -3.26. The average molecular weight is 407 g/mol. The van der Waals surface area contributed by atoms with Gasteiger partial charge in [-0.25, -0.2) is 9.97 Å². The first-order chi connectivity index (χ1) is 14.9. The second kappa shape index (κ2) is 10.5.